The van der Waals surface area contributed by atoms with Gasteiger partial charge in [-0.2, -0.15) is 0 Å². The van der Waals surface area contributed by atoms with Crippen molar-refractivity contribution < 1.29 is 8.42 Å². The highest BCUT2D eigenvalue weighted by Crippen LogP contribution is 2.22. The molecule has 2 N–H and O–H groups in total. The van der Waals surface area contributed by atoms with Gasteiger partial charge in [0, 0.05) is 5.69 Å². The van der Waals surface area contributed by atoms with Crippen LogP contribution >= 0.6 is 0 Å². The maximum Gasteiger partial charge on any atom is 0.206 e. The molecule has 0 heterocycles. The van der Waals surface area contributed by atoms with Gasteiger partial charge in [-0.1, -0.05) is 19.1 Å². The largest absolute Gasteiger partial charge is 0.399 e. The number of aryl methyl sites for hydroxylation is 1. The lowest BCUT2D eigenvalue weighted by molar-refractivity contribution is 0.596. The number of anilines is 1. The molecule has 4 heteroatoms. The third-order valence-corrected chi connectivity index (χ3v) is 4.62. The first kappa shape index (κ1) is 12.6. The number of hydrogen-bond donors (Lipinski definition) is 1. The molecule has 2 rings (SSSR count). The molecule has 0 amide bonds. The van der Waals surface area contributed by atoms with Crippen LogP contribution in [0.2, 0.25) is 0 Å². The maximum absolute atomic E-state index is 12.3. The van der Waals surface area contributed by atoms with Crippen LogP contribution in [0.3, 0.4) is 0 Å². The summed E-state index contributed by atoms with van der Waals surface area (Å²) in [5.74, 6) is 0. The van der Waals surface area contributed by atoms with Crippen molar-refractivity contribution in [3.05, 3.63) is 54.1 Å². The van der Waals surface area contributed by atoms with Gasteiger partial charge >= 0.3 is 0 Å². The Morgan fingerprint density at radius 1 is 0.889 bits per heavy atom. The van der Waals surface area contributed by atoms with Gasteiger partial charge in [-0.3, -0.25) is 0 Å². The second-order valence-corrected chi connectivity index (χ2v) is 6.02. The fourth-order valence-corrected chi connectivity index (χ4v) is 2.95. The predicted molar refractivity (Wildman–Crippen MR) is 72.1 cm³/mol. The molecule has 0 bridgehead atoms. The standard InChI is InChI=1S/C14H15NO2S/c1-2-11-3-7-13(8-4-11)18(16,17)14-9-5-12(15)6-10-14/h3-10H,2,15H2,1H3. The van der Waals surface area contributed by atoms with Gasteiger partial charge in [0.15, 0.2) is 0 Å². The number of rotatable bonds is 3. The Labute approximate surface area is 107 Å². The van der Waals surface area contributed by atoms with Crippen LogP contribution in [0, 0.1) is 0 Å². The van der Waals surface area contributed by atoms with E-state index < -0.39 is 9.84 Å². The van der Waals surface area contributed by atoms with Crippen LogP contribution in [0.15, 0.2) is 58.3 Å². The van der Waals surface area contributed by atoms with Crippen molar-refractivity contribution in [3.8, 4) is 0 Å². The van der Waals surface area contributed by atoms with Crippen molar-refractivity contribution in [2.24, 2.45) is 0 Å². The van der Waals surface area contributed by atoms with E-state index in [0.717, 1.165) is 12.0 Å². The molecule has 0 radical (unpaired) electrons. The molecule has 0 saturated carbocycles. The Bertz CT molecular complexity index is 628. The number of nitrogens with two attached hydrogens (primary N) is 1. The molecule has 0 aliphatic carbocycles. The van der Waals surface area contributed by atoms with Crippen molar-refractivity contribution in [1.82, 2.24) is 0 Å². The third-order valence-electron chi connectivity index (χ3n) is 2.83. The molecule has 0 spiro atoms. The van der Waals surface area contributed by atoms with Crippen molar-refractivity contribution in [3.63, 3.8) is 0 Å². The molecule has 0 unspecified atom stereocenters. The molecule has 0 atom stereocenters. The van der Waals surface area contributed by atoms with Gasteiger partial charge in [-0.15, -0.1) is 0 Å². The zero-order valence-corrected chi connectivity index (χ0v) is 10.9. The molecular formula is C14H15NO2S. The Kier molecular flexibility index (Phi) is 3.39. The summed E-state index contributed by atoms with van der Waals surface area (Å²) in [7, 11) is -3.44. The second-order valence-electron chi connectivity index (χ2n) is 4.07. The highest BCUT2D eigenvalue weighted by atomic mass is 32.2. The Hall–Kier alpha value is -1.81. The van der Waals surface area contributed by atoms with Crippen LogP contribution in [-0.4, -0.2) is 8.42 Å². The zero-order valence-electron chi connectivity index (χ0n) is 10.1. The minimum Gasteiger partial charge on any atom is -0.399 e. The van der Waals surface area contributed by atoms with Gasteiger partial charge in [0.2, 0.25) is 9.84 Å². The molecular weight excluding hydrogens is 246 g/mol. The van der Waals surface area contributed by atoms with E-state index in [1.165, 1.54) is 12.1 Å². The van der Waals surface area contributed by atoms with E-state index in [1.807, 2.05) is 19.1 Å². The summed E-state index contributed by atoms with van der Waals surface area (Å²) >= 11 is 0. The van der Waals surface area contributed by atoms with Crippen molar-refractivity contribution in [2.75, 3.05) is 5.73 Å². The van der Waals surface area contributed by atoms with Crippen LogP contribution < -0.4 is 5.73 Å². The summed E-state index contributed by atoms with van der Waals surface area (Å²) in [6, 6.07) is 13.2. The highest BCUT2D eigenvalue weighted by Gasteiger charge is 2.16. The van der Waals surface area contributed by atoms with E-state index in [9.17, 15) is 8.42 Å². The number of hydrogen-bond acceptors (Lipinski definition) is 3. The summed E-state index contributed by atoms with van der Waals surface area (Å²) in [6.07, 6.45) is 0.891. The average Bonchev–Trinajstić information content (AvgIpc) is 2.39. The van der Waals surface area contributed by atoms with Crippen LogP contribution in [-0.2, 0) is 16.3 Å². The van der Waals surface area contributed by atoms with Crippen molar-refractivity contribution in [2.45, 2.75) is 23.1 Å². The minimum atomic E-state index is -3.44. The van der Waals surface area contributed by atoms with Crippen molar-refractivity contribution in [1.29, 1.82) is 0 Å². The fraction of sp³-hybridized carbons (Fsp3) is 0.143. The molecule has 3 nitrogen and oxygen atoms in total. The summed E-state index contributed by atoms with van der Waals surface area (Å²) in [6.45, 7) is 2.03. The Morgan fingerprint density at radius 3 is 1.78 bits per heavy atom. The number of benzene rings is 2. The molecule has 0 aliphatic heterocycles. The normalized spacial score (nSPS) is 11.4. The monoisotopic (exact) mass is 261 g/mol. The Morgan fingerprint density at radius 2 is 1.33 bits per heavy atom. The number of sulfone groups is 1. The van der Waals surface area contributed by atoms with E-state index in [2.05, 4.69) is 0 Å². The molecule has 0 saturated heterocycles. The van der Waals surface area contributed by atoms with Gasteiger partial charge in [-0.25, -0.2) is 8.42 Å². The smallest absolute Gasteiger partial charge is 0.206 e. The maximum atomic E-state index is 12.3. The van der Waals surface area contributed by atoms with E-state index in [0.29, 0.717) is 10.6 Å². The summed E-state index contributed by atoms with van der Waals surface area (Å²) in [5.41, 5.74) is 7.22. The summed E-state index contributed by atoms with van der Waals surface area (Å²) < 4.78 is 24.6. The first-order valence-corrected chi connectivity index (χ1v) is 7.22. The molecule has 0 aromatic heterocycles. The predicted octanol–water partition coefficient (Wildman–Crippen LogP) is 2.66. The molecule has 2 aromatic rings. The summed E-state index contributed by atoms with van der Waals surface area (Å²) in [5, 5.41) is 0. The van der Waals surface area contributed by atoms with E-state index in [-0.39, 0.29) is 4.90 Å². The van der Waals surface area contributed by atoms with Gasteiger partial charge < -0.3 is 5.73 Å². The molecule has 0 fully saturated rings. The molecule has 18 heavy (non-hydrogen) atoms. The Balaban J connectivity index is 2.44. The fourth-order valence-electron chi connectivity index (χ4n) is 1.69. The first-order valence-electron chi connectivity index (χ1n) is 5.73. The van der Waals surface area contributed by atoms with E-state index in [1.54, 1.807) is 24.3 Å². The lowest BCUT2D eigenvalue weighted by atomic mass is 10.2. The van der Waals surface area contributed by atoms with Crippen LogP contribution in [0.4, 0.5) is 5.69 Å². The van der Waals surface area contributed by atoms with Gasteiger partial charge in [0.05, 0.1) is 9.79 Å². The average molecular weight is 261 g/mol. The molecule has 0 aliphatic rings. The second kappa shape index (κ2) is 4.82. The molecule has 2 aromatic carbocycles. The van der Waals surface area contributed by atoms with Crippen LogP contribution in [0.25, 0.3) is 0 Å². The minimum absolute atomic E-state index is 0.265. The van der Waals surface area contributed by atoms with Crippen LogP contribution in [0.5, 0.6) is 0 Å². The van der Waals surface area contributed by atoms with Gasteiger partial charge in [0.25, 0.3) is 0 Å². The van der Waals surface area contributed by atoms with Gasteiger partial charge in [0.1, 0.15) is 0 Å². The van der Waals surface area contributed by atoms with E-state index in [4.69, 9.17) is 5.73 Å². The zero-order chi connectivity index (χ0) is 13.2. The first-order chi connectivity index (χ1) is 8.54. The van der Waals surface area contributed by atoms with Gasteiger partial charge in [-0.05, 0) is 48.4 Å². The lowest BCUT2D eigenvalue weighted by Crippen LogP contribution is -2.02. The highest BCUT2D eigenvalue weighted by molar-refractivity contribution is 7.91. The SMILES string of the molecule is CCc1ccc(S(=O)(=O)c2ccc(N)cc2)cc1. The number of nitrogen functional groups attached to an aromatic ring is 1. The summed E-state index contributed by atoms with van der Waals surface area (Å²) in [4.78, 5) is 0.574. The molecule has 94 valence electrons. The topological polar surface area (TPSA) is 60.2 Å². The van der Waals surface area contributed by atoms with Crippen molar-refractivity contribution >= 4 is 15.5 Å². The third kappa shape index (κ3) is 2.38. The quantitative estimate of drug-likeness (QED) is 0.864. The van der Waals surface area contributed by atoms with E-state index >= 15 is 0 Å². The lowest BCUT2D eigenvalue weighted by Gasteiger charge is -2.05. The van der Waals surface area contributed by atoms with Crippen LogP contribution in [0.1, 0.15) is 12.5 Å².